The summed E-state index contributed by atoms with van der Waals surface area (Å²) in [4.78, 5) is 17.1. The van der Waals surface area contributed by atoms with Crippen molar-refractivity contribution in [3.05, 3.63) is 29.8 Å². The van der Waals surface area contributed by atoms with E-state index in [2.05, 4.69) is 4.90 Å². The lowest BCUT2D eigenvalue weighted by Gasteiger charge is -2.38. The van der Waals surface area contributed by atoms with Crippen molar-refractivity contribution < 1.29 is 15.0 Å². The molecule has 0 unspecified atom stereocenters. The third-order valence-corrected chi connectivity index (χ3v) is 5.51. The fraction of sp³-hybridized carbons (Fsp3) is 0.650. The Morgan fingerprint density at radius 1 is 1.08 bits per heavy atom. The summed E-state index contributed by atoms with van der Waals surface area (Å²) in [5.41, 5.74) is 1.07. The number of benzene rings is 1. The molecule has 2 fully saturated rings. The summed E-state index contributed by atoms with van der Waals surface area (Å²) >= 11 is 0. The van der Waals surface area contributed by atoms with Crippen LogP contribution in [0.15, 0.2) is 24.3 Å². The van der Waals surface area contributed by atoms with Gasteiger partial charge in [0.25, 0.3) is 0 Å². The van der Waals surface area contributed by atoms with Gasteiger partial charge in [-0.1, -0.05) is 12.1 Å². The Balaban J connectivity index is 1.53. The van der Waals surface area contributed by atoms with E-state index in [9.17, 15) is 15.0 Å². The fourth-order valence-corrected chi connectivity index (χ4v) is 4.19. The Morgan fingerprint density at radius 3 is 2.44 bits per heavy atom. The number of hydrogen-bond donors (Lipinski definition) is 2. The predicted octanol–water partition coefficient (Wildman–Crippen LogP) is 1.88. The van der Waals surface area contributed by atoms with Crippen LogP contribution < -0.4 is 0 Å². The van der Waals surface area contributed by atoms with Gasteiger partial charge in [-0.15, -0.1) is 0 Å². The molecule has 2 heterocycles. The standard InChI is InChI=1S/C20H30N2O3/c23-15-18-11-17(12-21-9-1-2-10-21)13-22(14-18)20(25)8-5-16-3-6-19(24)7-4-16/h3-4,6-7,17-18,23-24H,1-2,5,8-15H2/t17-,18-/m1/s1. The Hall–Kier alpha value is -1.59. The molecule has 0 bridgehead atoms. The lowest BCUT2D eigenvalue weighted by molar-refractivity contribution is -0.134. The Labute approximate surface area is 150 Å². The largest absolute Gasteiger partial charge is 0.508 e. The van der Waals surface area contributed by atoms with Crippen LogP contribution in [0, 0.1) is 11.8 Å². The second-order valence-corrected chi connectivity index (χ2v) is 7.62. The first-order chi connectivity index (χ1) is 12.1. The van der Waals surface area contributed by atoms with E-state index < -0.39 is 0 Å². The molecule has 0 aliphatic carbocycles. The fourth-order valence-electron chi connectivity index (χ4n) is 4.19. The minimum absolute atomic E-state index is 0.165. The molecule has 2 aliphatic heterocycles. The van der Waals surface area contributed by atoms with Crippen molar-refractivity contribution in [1.29, 1.82) is 0 Å². The molecule has 1 aromatic rings. The third-order valence-electron chi connectivity index (χ3n) is 5.51. The molecule has 5 heteroatoms. The third kappa shape index (κ3) is 5.19. The summed E-state index contributed by atoms with van der Waals surface area (Å²) in [6.07, 6.45) is 4.77. The quantitative estimate of drug-likeness (QED) is 0.825. The highest BCUT2D eigenvalue weighted by atomic mass is 16.3. The van der Waals surface area contributed by atoms with Gasteiger partial charge in [0.05, 0.1) is 0 Å². The minimum Gasteiger partial charge on any atom is -0.508 e. The number of amides is 1. The first-order valence-electron chi connectivity index (χ1n) is 9.53. The van der Waals surface area contributed by atoms with Gasteiger partial charge < -0.3 is 20.0 Å². The van der Waals surface area contributed by atoms with Gasteiger partial charge in [0, 0.05) is 32.7 Å². The average molecular weight is 346 g/mol. The molecular formula is C20H30N2O3. The molecule has 0 aromatic heterocycles. The van der Waals surface area contributed by atoms with Crippen molar-refractivity contribution in [1.82, 2.24) is 9.80 Å². The van der Waals surface area contributed by atoms with E-state index in [0.717, 1.165) is 25.1 Å². The van der Waals surface area contributed by atoms with E-state index >= 15 is 0 Å². The van der Waals surface area contributed by atoms with E-state index in [-0.39, 0.29) is 24.2 Å². The molecule has 1 amide bonds. The van der Waals surface area contributed by atoms with Crippen LogP contribution in [0.2, 0.25) is 0 Å². The van der Waals surface area contributed by atoms with Gasteiger partial charge in [0.2, 0.25) is 5.91 Å². The highest BCUT2D eigenvalue weighted by molar-refractivity contribution is 5.76. The summed E-state index contributed by atoms with van der Waals surface area (Å²) in [5.74, 6) is 1.11. The van der Waals surface area contributed by atoms with Crippen molar-refractivity contribution in [3.63, 3.8) is 0 Å². The number of carbonyl (C=O) groups excluding carboxylic acids is 1. The highest BCUT2D eigenvalue weighted by Crippen LogP contribution is 2.25. The number of carbonyl (C=O) groups is 1. The van der Waals surface area contributed by atoms with E-state index in [1.165, 1.54) is 25.9 Å². The van der Waals surface area contributed by atoms with Gasteiger partial charge in [-0.25, -0.2) is 0 Å². The van der Waals surface area contributed by atoms with E-state index in [1.807, 2.05) is 17.0 Å². The molecule has 2 saturated heterocycles. The number of rotatable bonds is 6. The predicted molar refractivity (Wildman–Crippen MR) is 97.4 cm³/mol. The molecule has 2 N–H and O–H groups in total. The topological polar surface area (TPSA) is 64.0 Å². The number of piperidine rings is 1. The number of aromatic hydroxyl groups is 1. The maximum atomic E-state index is 12.7. The molecular weight excluding hydrogens is 316 g/mol. The second kappa shape index (κ2) is 8.68. The zero-order chi connectivity index (χ0) is 17.6. The van der Waals surface area contributed by atoms with Gasteiger partial charge in [0.1, 0.15) is 5.75 Å². The SMILES string of the molecule is O=C(CCc1ccc(O)cc1)N1C[C@H](CO)C[C@H](CN2CCCC2)C1. The molecule has 0 radical (unpaired) electrons. The van der Waals surface area contributed by atoms with E-state index in [1.54, 1.807) is 12.1 Å². The number of likely N-dealkylation sites (tertiary alicyclic amines) is 2. The molecule has 0 spiro atoms. The van der Waals surface area contributed by atoms with Crippen LogP contribution in [0.5, 0.6) is 5.75 Å². The Morgan fingerprint density at radius 2 is 1.76 bits per heavy atom. The van der Waals surface area contributed by atoms with Crippen LogP contribution in [-0.4, -0.2) is 65.3 Å². The number of nitrogens with zero attached hydrogens (tertiary/aromatic N) is 2. The average Bonchev–Trinajstić information content (AvgIpc) is 3.13. The van der Waals surface area contributed by atoms with Crippen molar-refractivity contribution >= 4 is 5.91 Å². The lowest BCUT2D eigenvalue weighted by Crippen LogP contribution is -2.47. The number of aryl methyl sites for hydroxylation is 1. The molecule has 2 aliphatic rings. The normalized spacial score (nSPS) is 24.6. The van der Waals surface area contributed by atoms with Crippen molar-refractivity contribution in [3.8, 4) is 5.75 Å². The van der Waals surface area contributed by atoms with Crippen LogP contribution in [-0.2, 0) is 11.2 Å². The number of aliphatic hydroxyl groups is 1. The van der Waals surface area contributed by atoms with E-state index in [4.69, 9.17) is 0 Å². The van der Waals surface area contributed by atoms with Gasteiger partial charge in [-0.2, -0.15) is 0 Å². The summed E-state index contributed by atoms with van der Waals surface area (Å²) in [6.45, 7) is 5.07. The van der Waals surface area contributed by atoms with Crippen LogP contribution in [0.3, 0.4) is 0 Å². The van der Waals surface area contributed by atoms with Crippen LogP contribution in [0.1, 0.15) is 31.2 Å². The number of hydrogen-bond acceptors (Lipinski definition) is 4. The summed E-state index contributed by atoms with van der Waals surface area (Å²) in [6, 6.07) is 7.06. The highest BCUT2D eigenvalue weighted by Gasteiger charge is 2.30. The zero-order valence-electron chi connectivity index (χ0n) is 14.9. The first-order valence-corrected chi connectivity index (χ1v) is 9.53. The van der Waals surface area contributed by atoms with Gasteiger partial charge in [0.15, 0.2) is 0 Å². The van der Waals surface area contributed by atoms with Crippen molar-refractivity contribution in [2.24, 2.45) is 11.8 Å². The first kappa shape index (κ1) is 18.2. The molecule has 1 aromatic carbocycles. The number of aliphatic hydroxyl groups excluding tert-OH is 1. The maximum absolute atomic E-state index is 12.7. The maximum Gasteiger partial charge on any atom is 0.222 e. The second-order valence-electron chi connectivity index (χ2n) is 7.62. The van der Waals surface area contributed by atoms with Gasteiger partial charge in [-0.05, 0) is 68.3 Å². The van der Waals surface area contributed by atoms with E-state index in [0.29, 0.717) is 25.3 Å². The molecule has 3 rings (SSSR count). The monoisotopic (exact) mass is 346 g/mol. The van der Waals surface area contributed by atoms with Crippen molar-refractivity contribution in [2.75, 3.05) is 39.3 Å². The molecule has 138 valence electrons. The van der Waals surface area contributed by atoms with Gasteiger partial charge >= 0.3 is 0 Å². The molecule has 5 nitrogen and oxygen atoms in total. The zero-order valence-corrected chi connectivity index (χ0v) is 14.9. The molecule has 0 saturated carbocycles. The smallest absolute Gasteiger partial charge is 0.222 e. The Bertz CT molecular complexity index is 555. The van der Waals surface area contributed by atoms with Gasteiger partial charge in [-0.3, -0.25) is 4.79 Å². The minimum atomic E-state index is 0.165. The molecule has 2 atom stereocenters. The Kier molecular flexibility index (Phi) is 6.32. The van der Waals surface area contributed by atoms with Crippen molar-refractivity contribution in [2.45, 2.75) is 32.1 Å². The lowest BCUT2D eigenvalue weighted by atomic mass is 9.89. The summed E-state index contributed by atoms with van der Waals surface area (Å²) < 4.78 is 0. The number of phenols is 1. The summed E-state index contributed by atoms with van der Waals surface area (Å²) in [7, 11) is 0. The van der Waals surface area contributed by atoms with Crippen LogP contribution >= 0.6 is 0 Å². The van der Waals surface area contributed by atoms with Crippen LogP contribution in [0.25, 0.3) is 0 Å². The van der Waals surface area contributed by atoms with Crippen LogP contribution in [0.4, 0.5) is 0 Å². The number of phenolic OH excluding ortho intramolecular Hbond substituents is 1. The summed E-state index contributed by atoms with van der Waals surface area (Å²) in [5, 5.41) is 19.0. The molecule has 25 heavy (non-hydrogen) atoms.